The molecule has 3 rings (SSSR count). The van der Waals surface area contributed by atoms with Crippen LogP contribution in [0.2, 0.25) is 0 Å². The molecule has 0 aliphatic rings. The van der Waals surface area contributed by atoms with Crippen molar-refractivity contribution in [1.29, 1.82) is 0 Å². The van der Waals surface area contributed by atoms with E-state index in [1.165, 1.54) is 12.4 Å². The van der Waals surface area contributed by atoms with E-state index in [1.54, 1.807) is 28.9 Å². The Bertz CT molecular complexity index is 920. The van der Waals surface area contributed by atoms with Crippen molar-refractivity contribution in [3.63, 3.8) is 0 Å². The average Bonchev–Trinajstić information content (AvgIpc) is 3.12. The van der Waals surface area contributed by atoms with Crippen LogP contribution in [0.5, 0.6) is 5.75 Å². The molecule has 7 heteroatoms. The summed E-state index contributed by atoms with van der Waals surface area (Å²) in [7, 11) is -3.64. The molecule has 0 aliphatic heterocycles. The smallest absolute Gasteiger partial charge is 0.265 e. The van der Waals surface area contributed by atoms with Gasteiger partial charge in [0, 0.05) is 18.4 Å². The van der Waals surface area contributed by atoms with Gasteiger partial charge >= 0.3 is 0 Å². The average molecular weight is 357 g/mol. The fourth-order valence-electron chi connectivity index (χ4n) is 2.23. The molecule has 0 atom stereocenters. The summed E-state index contributed by atoms with van der Waals surface area (Å²) in [6.07, 6.45) is 2.84. The van der Waals surface area contributed by atoms with Crippen molar-refractivity contribution in [2.24, 2.45) is 0 Å². The number of hydrogen-bond donors (Lipinski definition) is 1. The van der Waals surface area contributed by atoms with E-state index in [0.717, 1.165) is 5.56 Å². The number of aromatic nitrogens is 2. The van der Waals surface area contributed by atoms with Gasteiger partial charge in [0.05, 0.1) is 6.20 Å². The molecule has 0 amide bonds. The molecule has 25 heavy (non-hydrogen) atoms. The van der Waals surface area contributed by atoms with Gasteiger partial charge in [-0.3, -0.25) is 9.40 Å². The quantitative estimate of drug-likeness (QED) is 0.704. The standard InChI is InChI=1S/C18H19N3O3S/c1-2-21-13-18(12-19-21)25(22,23)20-16-8-10-17(11-9-16)24-14-15-6-4-3-5-7-15/h3-13,20H,2,14H2,1H3. The summed E-state index contributed by atoms with van der Waals surface area (Å²) in [4.78, 5) is 0.138. The van der Waals surface area contributed by atoms with E-state index in [2.05, 4.69) is 9.82 Å². The lowest BCUT2D eigenvalue weighted by molar-refractivity contribution is 0.306. The molecule has 0 unspecified atom stereocenters. The van der Waals surface area contributed by atoms with Gasteiger partial charge in [-0.15, -0.1) is 0 Å². The number of ether oxygens (including phenoxy) is 1. The summed E-state index contributed by atoms with van der Waals surface area (Å²) in [5.74, 6) is 0.672. The molecule has 1 aromatic heterocycles. The zero-order valence-corrected chi connectivity index (χ0v) is 14.6. The molecule has 2 aromatic carbocycles. The van der Waals surface area contributed by atoms with Crippen LogP contribution in [0.3, 0.4) is 0 Å². The van der Waals surface area contributed by atoms with Gasteiger partial charge < -0.3 is 4.74 Å². The van der Waals surface area contributed by atoms with Crippen LogP contribution in [0.4, 0.5) is 5.69 Å². The number of anilines is 1. The van der Waals surface area contributed by atoms with Gasteiger partial charge in [-0.2, -0.15) is 5.10 Å². The zero-order chi connectivity index (χ0) is 17.7. The lowest BCUT2D eigenvalue weighted by Gasteiger charge is -2.09. The van der Waals surface area contributed by atoms with Crippen molar-refractivity contribution >= 4 is 15.7 Å². The highest BCUT2D eigenvalue weighted by atomic mass is 32.2. The molecule has 6 nitrogen and oxygen atoms in total. The Hall–Kier alpha value is -2.80. The van der Waals surface area contributed by atoms with Gasteiger partial charge in [0.2, 0.25) is 0 Å². The second-order valence-electron chi connectivity index (χ2n) is 5.44. The van der Waals surface area contributed by atoms with E-state index in [4.69, 9.17) is 4.74 Å². The van der Waals surface area contributed by atoms with E-state index in [0.29, 0.717) is 24.6 Å². The number of benzene rings is 2. The van der Waals surface area contributed by atoms with Crippen molar-refractivity contribution in [3.8, 4) is 5.75 Å². The minimum absolute atomic E-state index is 0.138. The molecule has 3 aromatic rings. The number of rotatable bonds is 7. The number of aryl methyl sites for hydroxylation is 1. The summed E-state index contributed by atoms with van der Waals surface area (Å²) in [6.45, 7) is 2.97. The fraction of sp³-hybridized carbons (Fsp3) is 0.167. The van der Waals surface area contributed by atoms with Gasteiger partial charge in [0.15, 0.2) is 0 Å². The maximum Gasteiger partial charge on any atom is 0.265 e. The highest BCUT2D eigenvalue weighted by Gasteiger charge is 2.16. The van der Waals surface area contributed by atoms with E-state index in [9.17, 15) is 8.42 Å². The number of nitrogens with one attached hydrogen (secondary N) is 1. The Morgan fingerprint density at radius 1 is 1.08 bits per heavy atom. The largest absolute Gasteiger partial charge is 0.489 e. The summed E-state index contributed by atoms with van der Waals surface area (Å²) in [5.41, 5.74) is 1.54. The SMILES string of the molecule is CCn1cc(S(=O)(=O)Nc2ccc(OCc3ccccc3)cc2)cn1. The Balaban J connectivity index is 1.64. The van der Waals surface area contributed by atoms with Gasteiger partial charge in [0.1, 0.15) is 17.3 Å². The maximum absolute atomic E-state index is 12.3. The Morgan fingerprint density at radius 3 is 2.44 bits per heavy atom. The molecule has 0 spiro atoms. The van der Waals surface area contributed by atoms with Crippen LogP contribution < -0.4 is 9.46 Å². The van der Waals surface area contributed by atoms with E-state index >= 15 is 0 Å². The van der Waals surface area contributed by atoms with Crippen molar-refractivity contribution < 1.29 is 13.2 Å². The first-order valence-electron chi connectivity index (χ1n) is 7.89. The normalized spacial score (nSPS) is 11.2. The molecule has 0 saturated heterocycles. The van der Waals surface area contributed by atoms with Crippen LogP contribution in [0.25, 0.3) is 0 Å². The van der Waals surface area contributed by atoms with Gasteiger partial charge in [-0.25, -0.2) is 8.42 Å². The van der Waals surface area contributed by atoms with Gasteiger partial charge in [-0.05, 0) is 36.8 Å². The zero-order valence-electron chi connectivity index (χ0n) is 13.8. The Kier molecular flexibility index (Phi) is 5.04. The molecule has 0 saturated carbocycles. The third-order valence-corrected chi connectivity index (χ3v) is 4.93. The molecular formula is C18H19N3O3S. The Morgan fingerprint density at radius 2 is 1.80 bits per heavy atom. The summed E-state index contributed by atoms with van der Waals surface area (Å²) in [6, 6.07) is 16.6. The second kappa shape index (κ2) is 7.40. The highest BCUT2D eigenvalue weighted by molar-refractivity contribution is 7.92. The summed E-state index contributed by atoms with van der Waals surface area (Å²) in [5, 5.41) is 3.99. The lowest BCUT2D eigenvalue weighted by Crippen LogP contribution is -2.12. The summed E-state index contributed by atoms with van der Waals surface area (Å²) < 4.78 is 34.5. The van der Waals surface area contributed by atoms with Crippen LogP contribution in [-0.2, 0) is 23.2 Å². The third kappa shape index (κ3) is 4.39. The maximum atomic E-state index is 12.3. The number of sulfonamides is 1. The van der Waals surface area contributed by atoms with Crippen LogP contribution in [0, 0.1) is 0 Å². The first-order chi connectivity index (χ1) is 12.1. The predicted molar refractivity (Wildman–Crippen MR) is 95.9 cm³/mol. The van der Waals surface area contributed by atoms with E-state index in [1.807, 2.05) is 37.3 Å². The molecule has 0 radical (unpaired) electrons. The highest BCUT2D eigenvalue weighted by Crippen LogP contribution is 2.20. The van der Waals surface area contributed by atoms with Crippen LogP contribution in [0.1, 0.15) is 12.5 Å². The molecule has 0 aliphatic carbocycles. The second-order valence-corrected chi connectivity index (χ2v) is 7.12. The molecular weight excluding hydrogens is 338 g/mol. The predicted octanol–water partition coefficient (Wildman–Crippen LogP) is 3.28. The topological polar surface area (TPSA) is 73.2 Å². The molecule has 0 bridgehead atoms. The third-order valence-electron chi connectivity index (χ3n) is 3.60. The number of nitrogens with zero attached hydrogens (tertiary/aromatic N) is 2. The molecule has 0 fully saturated rings. The first kappa shape index (κ1) is 17.0. The monoisotopic (exact) mass is 357 g/mol. The molecule has 1 N–H and O–H groups in total. The van der Waals surface area contributed by atoms with E-state index in [-0.39, 0.29) is 4.90 Å². The fourth-order valence-corrected chi connectivity index (χ4v) is 3.24. The van der Waals surface area contributed by atoms with E-state index < -0.39 is 10.0 Å². The number of hydrogen-bond acceptors (Lipinski definition) is 4. The van der Waals surface area contributed by atoms with Crippen molar-refractivity contribution in [2.45, 2.75) is 25.0 Å². The van der Waals surface area contributed by atoms with Crippen LogP contribution >= 0.6 is 0 Å². The van der Waals surface area contributed by atoms with Gasteiger partial charge in [0.25, 0.3) is 10.0 Å². The minimum Gasteiger partial charge on any atom is -0.489 e. The van der Waals surface area contributed by atoms with Crippen LogP contribution in [-0.4, -0.2) is 18.2 Å². The Labute approximate surface area is 147 Å². The molecule has 1 heterocycles. The first-order valence-corrected chi connectivity index (χ1v) is 9.37. The van der Waals surface area contributed by atoms with Gasteiger partial charge in [-0.1, -0.05) is 30.3 Å². The van der Waals surface area contributed by atoms with Crippen molar-refractivity contribution in [1.82, 2.24) is 9.78 Å². The lowest BCUT2D eigenvalue weighted by atomic mass is 10.2. The molecule has 130 valence electrons. The van der Waals surface area contributed by atoms with Crippen molar-refractivity contribution in [3.05, 3.63) is 72.6 Å². The van der Waals surface area contributed by atoms with Crippen LogP contribution in [0.15, 0.2) is 71.9 Å². The van der Waals surface area contributed by atoms with Crippen molar-refractivity contribution in [2.75, 3.05) is 4.72 Å². The minimum atomic E-state index is -3.64. The summed E-state index contributed by atoms with van der Waals surface area (Å²) >= 11 is 0.